The Hall–Kier alpha value is -3.10. The van der Waals surface area contributed by atoms with Crippen LogP contribution in [-0.4, -0.2) is 57.7 Å². The highest BCUT2D eigenvalue weighted by molar-refractivity contribution is 5.77. The van der Waals surface area contributed by atoms with E-state index in [1.54, 1.807) is 12.4 Å². The zero-order valence-electron chi connectivity index (χ0n) is 20.8. The largest absolute Gasteiger partial charge is 0.380 e. The zero-order chi connectivity index (χ0) is 24.8. The molecule has 1 unspecified atom stereocenters. The molecular formula is C27H33N5O3. The summed E-state index contributed by atoms with van der Waals surface area (Å²) in [4.78, 5) is 23.0. The van der Waals surface area contributed by atoms with Gasteiger partial charge in [-0.05, 0) is 36.6 Å². The fraction of sp³-hybridized carbons (Fsp3) is 0.481. The van der Waals surface area contributed by atoms with Crippen molar-refractivity contribution in [2.75, 3.05) is 26.7 Å². The lowest BCUT2D eigenvalue weighted by atomic mass is 9.62. The normalized spacial score (nSPS) is 21.9. The highest BCUT2D eigenvalue weighted by atomic mass is 16.5. The Kier molecular flexibility index (Phi) is 5.97. The lowest BCUT2D eigenvalue weighted by molar-refractivity contribution is -0.127. The second-order valence-corrected chi connectivity index (χ2v) is 10.7. The first-order valence-corrected chi connectivity index (χ1v) is 12.3. The zero-order valence-corrected chi connectivity index (χ0v) is 20.8. The Morgan fingerprint density at radius 2 is 1.94 bits per heavy atom. The molecule has 184 valence electrons. The highest BCUT2D eigenvalue weighted by Gasteiger charge is 2.55. The van der Waals surface area contributed by atoms with Gasteiger partial charge < -0.3 is 19.8 Å². The number of amides is 1. The molecule has 0 bridgehead atoms. The average molecular weight is 476 g/mol. The maximum Gasteiger partial charge on any atom is 0.230 e. The van der Waals surface area contributed by atoms with Gasteiger partial charge in [-0.15, -0.1) is 0 Å². The lowest BCUT2D eigenvalue weighted by Gasteiger charge is -2.55. The molecule has 2 N–H and O–H groups in total. The molecule has 2 atom stereocenters. The number of carbonyl (C=O) groups excluding carboxylic acids is 1. The van der Waals surface area contributed by atoms with E-state index in [-0.39, 0.29) is 17.2 Å². The van der Waals surface area contributed by atoms with Gasteiger partial charge in [-0.1, -0.05) is 50.2 Å². The van der Waals surface area contributed by atoms with Crippen LogP contribution in [0.4, 0.5) is 0 Å². The van der Waals surface area contributed by atoms with Crippen LogP contribution in [0.25, 0.3) is 11.4 Å². The minimum Gasteiger partial charge on any atom is -0.380 e. The summed E-state index contributed by atoms with van der Waals surface area (Å²) in [5.74, 6) is 1.20. The monoisotopic (exact) mass is 475 g/mol. The summed E-state index contributed by atoms with van der Waals surface area (Å²) in [5.41, 5.74) is 1.82. The number of carbonyl (C=O) groups is 1. The molecule has 5 rings (SSSR count). The molecule has 1 amide bonds. The van der Waals surface area contributed by atoms with Crippen molar-refractivity contribution in [1.29, 1.82) is 0 Å². The predicted octanol–water partition coefficient (Wildman–Crippen LogP) is 3.44. The van der Waals surface area contributed by atoms with Crippen LogP contribution in [0.5, 0.6) is 0 Å². The van der Waals surface area contributed by atoms with E-state index in [2.05, 4.69) is 65.3 Å². The molecular weight excluding hydrogens is 442 g/mol. The molecule has 2 fully saturated rings. The van der Waals surface area contributed by atoms with E-state index in [0.717, 1.165) is 25.1 Å². The average Bonchev–Trinajstić information content (AvgIpc) is 3.33. The summed E-state index contributed by atoms with van der Waals surface area (Å²) in [6.45, 7) is 8.57. The van der Waals surface area contributed by atoms with Gasteiger partial charge in [0.2, 0.25) is 17.6 Å². The number of hydrogen-bond acceptors (Lipinski definition) is 7. The van der Waals surface area contributed by atoms with E-state index in [1.165, 1.54) is 5.56 Å². The smallest absolute Gasteiger partial charge is 0.230 e. The van der Waals surface area contributed by atoms with Crippen LogP contribution in [0.15, 0.2) is 47.2 Å². The highest BCUT2D eigenvalue weighted by Crippen LogP contribution is 2.50. The Balaban J connectivity index is 1.52. The van der Waals surface area contributed by atoms with Crippen LogP contribution in [0.2, 0.25) is 0 Å². The third kappa shape index (κ3) is 4.15. The molecule has 0 radical (unpaired) electrons. The number of piperidine rings is 1. The van der Waals surface area contributed by atoms with E-state index in [4.69, 9.17) is 4.52 Å². The first-order chi connectivity index (χ1) is 16.7. The van der Waals surface area contributed by atoms with Crippen molar-refractivity contribution in [3.63, 3.8) is 0 Å². The van der Waals surface area contributed by atoms with Crippen LogP contribution < -0.4 is 5.32 Å². The van der Waals surface area contributed by atoms with Crippen LogP contribution in [-0.2, 0) is 10.4 Å². The third-order valence-corrected chi connectivity index (χ3v) is 7.56. The standard InChI is InChI=1S/C27H33N5O3/c1-17(2)18-5-7-21(8-6-18)27(34,26(3)15-32(4)16-26)22-11-20(13-28-14-22)24-30-25(35-31-24)19-9-10-29-23(33)12-19/h5-8,11,13-14,17,19,34H,9-10,12,15-16H2,1-4H3,(H,29,33)/t19-,27?/m0/s1. The molecule has 1 aromatic carbocycles. The summed E-state index contributed by atoms with van der Waals surface area (Å²) in [5, 5.41) is 19.4. The Morgan fingerprint density at radius 3 is 2.60 bits per heavy atom. The Morgan fingerprint density at radius 1 is 1.20 bits per heavy atom. The van der Waals surface area contributed by atoms with Gasteiger partial charge >= 0.3 is 0 Å². The number of likely N-dealkylation sites (tertiary alicyclic amines) is 1. The summed E-state index contributed by atoms with van der Waals surface area (Å²) < 4.78 is 5.53. The minimum absolute atomic E-state index is 0.00285. The van der Waals surface area contributed by atoms with Crippen molar-refractivity contribution < 1.29 is 14.4 Å². The fourth-order valence-corrected chi connectivity index (χ4v) is 5.62. The summed E-state index contributed by atoms with van der Waals surface area (Å²) in [7, 11) is 2.06. The van der Waals surface area contributed by atoms with E-state index >= 15 is 0 Å². The van der Waals surface area contributed by atoms with Gasteiger partial charge in [0.05, 0.1) is 0 Å². The molecule has 2 aliphatic rings. The second-order valence-electron chi connectivity index (χ2n) is 10.7. The predicted molar refractivity (Wildman–Crippen MR) is 132 cm³/mol. The van der Waals surface area contributed by atoms with E-state index in [0.29, 0.717) is 41.7 Å². The number of aromatic nitrogens is 3. The maximum atomic E-state index is 12.4. The van der Waals surface area contributed by atoms with Gasteiger partial charge in [-0.3, -0.25) is 9.78 Å². The Labute approximate surface area is 205 Å². The first-order valence-electron chi connectivity index (χ1n) is 12.3. The van der Waals surface area contributed by atoms with Gasteiger partial charge in [0.25, 0.3) is 0 Å². The number of pyridine rings is 1. The number of nitrogens with zero attached hydrogens (tertiary/aromatic N) is 4. The summed E-state index contributed by atoms with van der Waals surface area (Å²) in [6.07, 6.45) is 4.53. The first kappa shape index (κ1) is 23.6. The van der Waals surface area contributed by atoms with Gasteiger partial charge in [0.1, 0.15) is 5.60 Å². The molecule has 0 aliphatic carbocycles. The lowest BCUT2D eigenvalue weighted by Crippen LogP contribution is -2.63. The van der Waals surface area contributed by atoms with Crippen molar-refractivity contribution in [3.8, 4) is 11.4 Å². The maximum absolute atomic E-state index is 12.4. The quantitative estimate of drug-likeness (QED) is 0.563. The van der Waals surface area contributed by atoms with Crippen molar-refractivity contribution in [1.82, 2.24) is 25.3 Å². The van der Waals surface area contributed by atoms with Crippen molar-refractivity contribution in [2.45, 2.75) is 51.0 Å². The number of benzene rings is 1. The van der Waals surface area contributed by atoms with E-state index in [1.807, 2.05) is 18.2 Å². The molecule has 2 saturated heterocycles. The van der Waals surface area contributed by atoms with Crippen molar-refractivity contribution in [2.24, 2.45) is 5.41 Å². The molecule has 4 heterocycles. The van der Waals surface area contributed by atoms with E-state index < -0.39 is 5.60 Å². The molecule has 8 nitrogen and oxygen atoms in total. The molecule has 0 saturated carbocycles. The van der Waals surface area contributed by atoms with Gasteiger partial charge in [0, 0.05) is 60.9 Å². The third-order valence-electron chi connectivity index (χ3n) is 7.56. The van der Waals surface area contributed by atoms with Crippen molar-refractivity contribution >= 4 is 5.91 Å². The van der Waals surface area contributed by atoms with Crippen LogP contribution in [0, 0.1) is 5.41 Å². The second kappa shape index (κ2) is 8.84. The van der Waals surface area contributed by atoms with Gasteiger partial charge in [0.15, 0.2) is 0 Å². The SMILES string of the molecule is CC(C)c1ccc(C(O)(c2cncc(-c3noc([C@H]4CCNC(=O)C4)n3)c2)C2(C)CN(C)C2)cc1. The van der Waals surface area contributed by atoms with Gasteiger partial charge in [-0.2, -0.15) is 4.98 Å². The molecule has 2 aliphatic heterocycles. The Bertz CT molecular complexity index is 1220. The summed E-state index contributed by atoms with van der Waals surface area (Å²) in [6, 6.07) is 10.2. The number of nitrogens with one attached hydrogen (secondary N) is 1. The van der Waals surface area contributed by atoms with Crippen LogP contribution in [0.1, 0.15) is 68.0 Å². The molecule has 0 spiro atoms. The fourth-order valence-electron chi connectivity index (χ4n) is 5.62. The van der Waals surface area contributed by atoms with E-state index in [9.17, 15) is 9.90 Å². The number of hydrogen-bond donors (Lipinski definition) is 2. The van der Waals surface area contributed by atoms with Gasteiger partial charge in [-0.25, -0.2) is 0 Å². The van der Waals surface area contributed by atoms with Crippen LogP contribution in [0.3, 0.4) is 0 Å². The molecule has 8 heteroatoms. The molecule has 2 aromatic heterocycles. The number of aliphatic hydroxyl groups is 1. The van der Waals surface area contributed by atoms with Crippen molar-refractivity contribution in [3.05, 3.63) is 65.3 Å². The molecule has 35 heavy (non-hydrogen) atoms. The van der Waals surface area contributed by atoms with Crippen LogP contribution >= 0.6 is 0 Å². The summed E-state index contributed by atoms with van der Waals surface area (Å²) >= 11 is 0. The number of rotatable bonds is 6. The topological polar surface area (TPSA) is 104 Å². The minimum atomic E-state index is -1.24. The molecule has 3 aromatic rings.